The largest absolute Gasteiger partial charge is 0.468 e. The zero-order valence-corrected chi connectivity index (χ0v) is 14.9. The highest BCUT2D eigenvalue weighted by Gasteiger charge is 2.24. The molecule has 1 N–H and O–H groups in total. The van der Waals surface area contributed by atoms with E-state index in [0.29, 0.717) is 13.0 Å². The molecule has 0 saturated carbocycles. The first-order valence-electron chi connectivity index (χ1n) is 8.89. The summed E-state index contributed by atoms with van der Waals surface area (Å²) in [6.07, 6.45) is 8.14. The van der Waals surface area contributed by atoms with Gasteiger partial charge in [0.05, 0.1) is 12.3 Å². The molecule has 0 bridgehead atoms. The molecule has 0 aromatic carbocycles. The number of nitrogens with zero attached hydrogens (tertiary/aromatic N) is 1. The third-order valence-corrected chi connectivity index (χ3v) is 5.56. The second-order valence-electron chi connectivity index (χ2n) is 6.36. The fourth-order valence-corrected chi connectivity index (χ4v) is 4.00. The monoisotopic (exact) mass is 346 g/mol. The fourth-order valence-electron chi connectivity index (χ4n) is 3.29. The molecule has 2 aromatic heterocycles. The summed E-state index contributed by atoms with van der Waals surface area (Å²) in [6.45, 7) is 2.78. The van der Waals surface area contributed by atoms with Crippen molar-refractivity contribution < 1.29 is 9.21 Å². The molecule has 3 heterocycles. The Bertz CT molecular complexity index is 587. The van der Waals surface area contributed by atoms with Crippen LogP contribution in [0.2, 0.25) is 0 Å². The van der Waals surface area contributed by atoms with Crippen LogP contribution in [0.4, 0.5) is 0 Å². The molecule has 2 aromatic rings. The van der Waals surface area contributed by atoms with Crippen molar-refractivity contribution in [2.75, 3.05) is 19.6 Å². The van der Waals surface area contributed by atoms with Gasteiger partial charge >= 0.3 is 0 Å². The predicted molar refractivity (Wildman–Crippen MR) is 97.1 cm³/mol. The number of thiophene rings is 1. The molecule has 0 aliphatic carbocycles. The first kappa shape index (κ1) is 17.2. The summed E-state index contributed by atoms with van der Waals surface area (Å²) in [5, 5.41) is 5.17. The number of likely N-dealkylation sites (tertiary alicyclic amines) is 1. The normalized spacial score (nSPS) is 17.3. The molecular formula is C19H26N2O2S. The van der Waals surface area contributed by atoms with Gasteiger partial charge in [-0.2, -0.15) is 0 Å². The van der Waals surface area contributed by atoms with Gasteiger partial charge in [-0.3, -0.25) is 9.69 Å². The number of carbonyl (C=O) groups is 1. The Balaban J connectivity index is 1.54. The van der Waals surface area contributed by atoms with E-state index in [0.717, 1.165) is 25.3 Å². The lowest BCUT2D eigenvalue weighted by molar-refractivity contribution is -0.121. The van der Waals surface area contributed by atoms with Crippen LogP contribution in [-0.2, 0) is 11.2 Å². The second kappa shape index (κ2) is 9.04. The Morgan fingerprint density at radius 3 is 2.71 bits per heavy atom. The molecule has 5 heteroatoms. The van der Waals surface area contributed by atoms with Gasteiger partial charge in [0.1, 0.15) is 5.76 Å². The number of hydrogen-bond acceptors (Lipinski definition) is 4. The molecule has 3 rings (SSSR count). The van der Waals surface area contributed by atoms with Gasteiger partial charge in [-0.15, -0.1) is 11.3 Å². The van der Waals surface area contributed by atoms with Crippen molar-refractivity contribution in [3.05, 3.63) is 46.5 Å². The Morgan fingerprint density at radius 2 is 2.04 bits per heavy atom. The fraction of sp³-hybridized carbons (Fsp3) is 0.526. The number of carbonyl (C=O) groups excluding carboxylic acids is 1. The molecule has 1 saturated heterocycles. The molecule has 1 aliphatic rings. The van der Waals surface area contributed by atoms with Gasteiger partial charge in [-0.25, -0.2) is 0 Å². The van der Waals surface area contributed by atoms with Crippen molar-refractivity contribution in [1.29, 1.82) is 0 Å². The van der Waals surface area contributed by atoms with Gasteiger partial charge < -0.3 is 9.73 Å². The van der Waals surface area contributed by atoms with Crippen molar-refractivity contribution in [3.63, 3.8) is 0 Å². The lowest BCUT2D eigenvalue weighted by Crippen LogP contribution is -2.38. The average molecular weight is 346 g/mol. The number of furan rings is 1. The molecule has 1 amide bonds. The van der Waals surface area contributed by atoms with Crippen LogP contribution in [0.15, 0.2) is 40.3 Å². The smallest absolute Gasteiger partial charge is 0.220 e. The minimum atomic E-state index is 0.120. The van der Waals surface area contributed by atoms with E-state index < -0.39 is 0 Å². The minimum Gasteiger partial charge on any atom is -0.468 e. The highest BCUT2D eigenvalue weighted by Crippen LogP contribution is 2.24. The van der Waals surface area contributed by atoms with Crippen LogP contribution in [0.5, 0.6) is 0 Å². The molecule has 1 atom stereocenters. The van der Waals surface area contributed by atoms with E-state index in [-0.39, 0.29) is 11.9 Å². The van der Waals surface area contributed by atoms with E-state index >= 15 is 0 Å². The highest BCUT2D eigenvalue weighted by atomic mass is 32.1. The topological polar surface area (TPSA) is 45.5 Å². The van der Waals surface area contributed by atoms with Crippen LogP contribution >= 0.6 is 11.3 Å². The third-order valence-electron chi connectivity index (χ3n) is 4.62. The zero-order valence-electron chi connectivity index (χ0n) is 14.1. The van der Waals surface area contributed by atoms with E-state index in [1.165, 1.54) is 30.6 Å². The Kier molecular flexibility index (Phi) is 6.49. The van der Waals surface area contributed by atoms with Gasteiger partial charge in [0.15, 0.2) is 0 Å². The lowest BCUT2D eigenvalue weighted by atomic mass is 10.1. The predicted octanol–water partition coefficient (Wildman–Crippen LogP) is 4.01. The van der Waals surface area contributed by atoms with Crippen molar-refractivity contribution in [2.45, 2.75) is 44.6 Å². The van der Waals surface area contributed by atoms with E-state index in [4.69, 9.17) is 4.42 Å². The molecule has 0 radical (unpaired) electrons. The zero-order chi connectivity index (χ0) is 16.6. The Morgan fingerprint density at radius 1 is 1.21 bits per heavy atom. The summed E-state index contributed by atoms with van der Waals surface area (Å²) in [7, 11) is 0. The quantitative estimate of drug-likeness (QED) is 0.824. The Labute approximate surface area is 147 Å². The van der Waals surface area contributed by atoms with Crippen LogP contribution in [-0.4, -0.2) is 30.4 Å². The van der Waals surface area contributed by atoms with Crippen LogP contribution in [0.25, 0.3) is 0 Å². The third kappa shape index (κ3) is 4.95. The molecule has 1 fully saturated rings. The summed E-state index contributed by atoms with van der Waals surface area (Å²) >= 11 is 1.71. The number of rotatable bonds is 7. The molecule has 24 heavy (non-hydrogen) atoms. The first-order valence-corrected chi connectivity index (χ1v) is 9.77. The average Bonchev–Trinajstić information content (AvgIpc) is 3.24. The number of amides is 1. The summed E-state index contributed by atoms with van der Waals surface area (Å²) in [5.41, 5.74) is 0. The minimum absolute atomic E-state index is 0.120. The summed E-state index contributed by atoms with van der Waals surface area (Å²) < 4.78 is 5.65. The van der Waals surface area contributed by atoms with Crippen LogP contribution < -0.4 is 5.32 Å². The van der Waals surface area contributed by atoms with Crippen molar-refractivity contribution in [2.24, 2.45) is 0 Å². The molecule has 4 nitrogen and oxygen atoms in total. The van der Waals surface area contributed by atoms with E-state index in [2.05, 4.69) is 21.7 Å². The summed E-state index contributed by atoms with van der Waals surface area (Å²) in [5.74, 6) is 1.07. The standard InChI is InChI=1S/C19H26N2O2S/c22-19(10-9-16-7-6-14-24-16)20-15-17(18-8-5-13-23-18)21-11-3-1-2-4-12-21/h5-8,13-14,17H,1-4,9-12,15H2,(H,20,22). The maximum Gasteiger partial charge on any atom is 0.220 e. The van der Waals surface area contributed by atoms with E-state index in [1.807, 2.05) is 18.2 Å². The number of aryl methyl sites for hydroxylation is 1. The van der Waals surface area contributed by atoms with Gasteiger partial charge in [-0.05, 0) is 55.9 Å². The molecule has 130 valence electrons. The van der Waals surface area contributed by atoms with Crippen molar-refractivity contribution >= 4 is 17.2 Å². The second-order valence-corrected chi connectivity index (χ2v) is 7.40. The number of nitrogens with one attached hydrogen (secondary N) is 1. The van der Waals surface area contributed by atoms with E-state index in [9.17, 15) is 4.79 Å². The first-order chi connectivity index (χ1) is 11.8. The van der Waals surface area contributed by atoms with Crippen LogP contribution in [0.3, 0.4) is 0 Å². The van der Waals surface area contributed by atoms with Crippen LogP contribution in [0, 0.1) is 0 Å². The molecule has 1 aliphatic heterocycles. The highest BCUT2D eigenvalue weighted by molar-refractivity contribution is 7.09. The molecule has 1 unspecified atom stereocenters. The Hall–Kier alpha value is -1.59. The van der Waals surface area contributed by atoms with Crippen LogP contribution in [0.1, 0.15) is 48.8 Å². The summed E-state index contributed by atoms with van der Waals surface area (Å²) in [4.78, 5) is 15.9. The summed E-state index contributed by atoms with van der Waals surface area (Å²) in [6, 6.07) is 8.21. The van der Waals surface area contributed by atoms with Gasteiger partial charge in [-0.1, -0.05) is 18.9 Å². The number of hydrogen-bond donors (Lipinski definition) is 1. The van der Waals surface area contributed by atoms with Crippen molar-refractivity contribution in [3.8, 4) is 0 Å². The van der Waals surface area contributed by atoms with E-state index in [1.54, 1.807) is 17.6 Å². The van der Waals surface area contributed by atoms with Gasteiger partial charge in [0.2, 0.25) is 5.91 Å². The maximum absolute atomic E-state index is 12.2. The molecule has 0 spiro atoms. The van der Waals surface area contributed by atoms with Gasteiger partial charge in [0, 0.05) is 17.8 Å². The maximum atomic E-state index is 12.2. The molecular weight excluding hydrogens is 320 g/mol. The SMILES string of the molecule is O=C(CCc1cccs1)NCC(c1ccco1)N1CCCCCC1. The van der Waals surface area contributed by atoms with Crippen molar-refractivity contribution in [1.82, 2.24) is 10.2 Å². The lowest BCUT2D eigenvalue weighted by Gasteiger charge is -2.29. The van der Waals surface area contributed by atoms with Gasteiger partial charge in [0.25, 0.3) is 0 Å².